The molecule has 1 fully saturated rings. The Labute approximate surface area is 102 Å². The van der Waals surface area contributed by atoms with Gasteiger partial charge in [-0.1, -0.05) is 12.1 Å². The lowest BCUT2D eigenvalue weighted by molar-refractivity contribution is 0.0697. The van der Waals surface area contributed by atoms with Crippen molar-refractivity contribution in [3.05, 3.63) is 35.4 Å². The molecule has 0 aromatic heterocycles. The first-order valence-electron chi connectivity index (χ1n) is 6.15. The van der Waals surface area contributed by atoms with Crippen molar-refractivity contribution in [2.45, 2.75) is 32.2 Å². The first kappa shape index (κ1) is 12.1. The first-order valence-corrected chi connectivity index (χ1v) is 6.15. The van der Waals surface area contributed by atoms with E-state index in [-0.39, 0.29) is 0 Å². The Morgan fingerprint density at radius 1 is 1.35 bits per heavy atom. The van der Waals surface area contributed by atoms with Gasteiger partial charge in [0.15, 0.2) is 0 Å². The van der Waals surface area contributed by atoms with Crippen molar-refractivity contribution in [3.63, 3.8) is 0 Å². The monoisotopic (exact) mass is 233 g/mol. The number of nitrogens with zero attached hydrogens (tertiary/aromatic N) is 1. The van der Waals surface area contributed by atoms with Crippen LogP contribution in [0, 0.1) is 0 Å². The molecule has 0 radical (unpaired) electrons. The van der Waals surface area contributed by atoms with Crippen LogP contribution < -0.4 is 0 Å². The fourth-order valence-corrected chi connectivity index (χ4v) is 2.43. The molecule has 1 aliphatic rings. The van der Waals surface area contributed by atoms with Crippen molar-refractivity contribution in [1.29, 1.82) is 0 Å². The van der Waals surface area contributed by atoms with Crippen molar-refractivity contribution in [3.8, 4) is 0 Å². The Balaban J connectivity index is 2.06. The molecule has 1 aromatic rings. The van der Waals surface area contributed by atoms with Gasteiger partial charge in [-0.3, -0.25) is 0 Å². The Bertz CT molecular complexity index is 397. The summed E-state index contributed by atoms with van der Waals surface area (Å²) in [4.78, 5) is 13.2. The lowest BCUT2D eigenvalue weighted by Crippen LogP contribution is -2.27. The third-order valence-corrected chi connectivity index (χ3v) is 3.58. The topological polar surface area (TPSA) is 40.5 Å². The molecular formula is C14H19NO2. The number of benzene rings is 1. The van der Waals surface area contributed by atoms with Crippen molar-refractivity contribution >= 4 is 5.97 Å². The molecule has 1 heterocycles. The summed E-state index contributed by atoms with van der Waals surface area (Å²) in [5.74, 6) is -0.299. The van der Waals surface area contributed by atoms with E-state index >= 15 is 0 Å². The summed E-state index contributed by atoms with van der Waals surface area (Å²) in [7, 11) is 0. The van der Waals surface area contributed by atoms with Gasteiger partial charge in [-0.05, 0) is 50.4 Å². The van der Waals surface area contributed by atoms with E-state index in [1.165, 1.54) is 12.0 Å². The van der Waals surface area contributed by atoms with Gasteiger partial charge in [0.2, 0.25) is 0 Å². The summed E-state index contributed by atoms with van der Waals surface area (Å²) in [5, 5.41) is 8.85. The van der Waals surface area contributed by atoms with Crippen LogP contribution in [0.1, 0.15) is 42.1 Å². The maximum absolute atomic E-state index is 10.8. The van der Waals surface area contributed by atoms with Crippen molar-refractivity contribution in [1.82, 2.24) is 4.90 Å². The summed E-state index contributed by atoms with van der Waals surface area (Å²) in [6.45, 7) is 6.67. The summed E-state index contributed by atoms with van der Waals surface area (Å²) >= 11 is 0. The molecule has 1 saturated heterocycles. The van der Waals surface area contributed by atoms with Crippen LogP contribution in [0.3, 0.4) is 0 Å². The molecule has 0 saturated carbocycles. The molecule has 92 valence electrons. The summed E-state index contributed by atoms with van der Waals surface area (Å²) in [5.41, 5.74) is 1.63. The molecule has 1 N–H and O–H groups in total. The van der Waals surface area contributed by atoms with Gasteiger partial charge < -0.3 is 10.0 Å². The van der Waals surface area contributed by atoms with E-state index in [0.717, 1.165) is 13.1 Å². The molecule has 0 aliphatic carbocycles. The van der Waals surface area contributed by atoms with Crippen LogP contribution in [0.5, 0.6) is 0 Å². The fraction of sp³-hybridized carbons (Fsp3) is 0.500. The van der Waals surface area contributed by atoms with Crippen molar-refractivity contribution < 1.29 is 9.90 Å². The standard InChI is InChI=1S/C14H19NO2/c1-10(2)15-8-7-13(9-15)11-3-5-12(6-4-11)14(16)17/h3-6,10,13H,7-9H2,1-2H3,(H,16,17). The minimum atomic E-state index is -0.855. The van der Waals surface area contributed by atoms with Crippen LogP contribution in [-0.2, 0) is 0 Å². The van der Waals surface area contributed by atoms with E-state index < -0.39 is 5.97 Å². The maximum Gasteiger partial charge on any atom is 0.335 e. The average molecular weight is 233 g/mol. The van der Waals surface area contributed by atoms with E-state index in [0.29, 0.717) is 17.5 Å². The predicted molar refractivity (Wildman–Crippen MR) is 67.5 cm³/mol. The molecule has 0 amide bonds. The van der Waals surface area contributed by atoms with E-state index in [4.69, 9.17) is 5.11 Å². The highest BCUT2D eigenvalue weighted by atomic mass is 16.4. The van der Waals surface area contributed by atoms with Crippen molar-refractivity contribution in [2.24, 2.45) is 0 Å². The van der Waals surface area contributed by atoms with Gasteiger partial charge in [0.1, 0.15) is 0 Å². The molecule has 1 unspecified atom stereocenters. The third-order valence-electron chi connectivity index (χ3n) is 3.58. The van der Waals surface area contributed by atoms with E-state index in [1.54, 1.807) is 12.1 Å². The predicted octanol–water partition coefficient (Wildman–Crippen LogP) is 2.58. The Morgan fingerprint density at radius 3 is 2.47 bits per heavy atom. The smallest absolute Gasteiger partial charge is 0.335 e. The Hall–Kier alpha value is -1.35. The van der Waals surface area contributed by atoms with E-state index in [9.17, 15) is 4.79 Å². The van der Waals surface area contributed by atoms with Gasteiger partial charge in [0.25, 0.3) is 0 Å². The number of rotatable bonds is 3. The molecule has 2 rings (SSSR count). The minimum absolute atomic E-state index is 0.368. The lowest BCUT2D eigenvalue weighted by atomic mass is 9.97. The molecule has 1 atom stereocenters. The van der Waals surface area contributed by atoms with Gasteiger partial charge in [0, 0.05) is 12.6 Å². The summed E-state index contributed by atoms with van der Waals surface area (Å²) in [6, 6.07) is 7.92. The molecule has 1 aliphatic heterocycles. The average Bonchev–Trinajstić information content (AvgIpc) is 2.78. The zero-order valence-electron chi connectivity index (χ0n) is 10.4. The second-order valence-electron chi connectivity index (χ2n) is 5.00. The van der Waals surface area contributed by atoms with Crippen molar-refractivity contribution in [2.75, 3.05) is 13.1 Å². The van der Waals surface area contributed by atoms with E-state index in [1.807, 2.05) is 12.1 Å². The fourth-order valence-electron chi connectivity index (χ4n) is 2.43. The molecule has 0 bridgehead atoms. The van der Waals surface area contributed by atoms with E-state index in [2.05, 4.69) is 18.7 Å². The van der Waals surface area contributed by atoms with Crippen LogP contribution >= 0.6 is 0 Å². The van der Waals surface area contributed by atoms with Gasteiger partial charge in [0.05, 0.1) is 5.56 Å². The Morgan fingerprint density at radius 2 is 2.00 bits per heavy atom. The van der Waals surface area contributed by atoms with Gasteiger partial charge in [-0.25, -0.2) is 4.79 Å². The molecule has 0 spiro atoms. The number of likely N-dealkylation sites (tertiary alicyclic amines) is 1. The van der Waals surface area contributed by atoms with Crippen LogP contribution in [0.15, 0.2) is 24.3 Å². The number of aromatic carboxylic acids is 1. The zero-order valence-corrected chi connectivity index (χ0v) is 10.4. The van der Waals surface area contributed by atoms with Crippen LogP contribution in [0.2, 0.25) is 0 Å². The number of carboxylic acids is 1. The van der Waals surface area contributed by atoms with Crippen LogP contribution in [0.4, 0.5) is 0 Å². The quantitative estimate of drug-likeness (QED) is 0.872. The van der Waals surface area contributed by atoms with Gasteiger partial charge in [-0.2, -0.15) is 0 Å². The highest BCUT2D eigenvalue weighted by molar-refractivity contribution is 5.87. The number of carbonyl (C=O) groups is 1. The third kappa shape index (κ3) is 2.67. The highest BCUT2D eigenvalue weighted by Gasteiger charge is 2.25. The minimum Gasteiger partial charge on any atom is -0.478 e. The largest absolute Gasteiger partial charge is 0.478 e. The number of hydrogen-bond donors (Lipinski definition) is 1. The second-order valence-corrected chi connectivity index (χ2v) is 5.00. The SMILES string of the molecule is CC(C)N1CCC(c2ccc(C(=O)O)cc2)C1. The van der Waals surface area contributed by atoms with Gasteiger partial charge in [-0.15, -0.1) is 0 Å². The Kier molecular flexibility index (Phi) is 3.48. The zero-order chi connectivity index (χ0) is 12.4. The molecule has 3 nitrogen and oxygen atoms in total. The normalized spacial score (nSPS) is 21.0. The summed E-state index contributed by atoms with van der Waals surface area (Å²) in [6.07, 6.45) is 1.17. The summed E-state index contributed by atoms with van der Waals surface area (Å²) < 4.78 is 0. The maximum atomic E-state index is 10.8. The van der Waals surface area contributed by atoms with Crippen LogP contribution in [-0.4, -0.2) is 35.1 Å². The number of carboxylic acid groups (broad SMARTS) is 1. The van der Waals surface area contributed by atoms with Crippen LogP contribution in [0.25, 0.3) is 0 Å². The number of hydrogen-bond acceptors (Lipinski definition) is 2. The second kappa shape index (κ2) is 4.88. The lowest BCUT2D eigenvalue weighted by Gasteiger charge is -2.20. The molecular weight excluding hydrogens is 214 g/mol. The molecule has 3 heteroatoms. The molecule has 17 heavy (non-hydrogen) atoms. The van der Waals surface area contributed by atoms with Gasteiger partial charge >= 0.3 is 5.97 Å². The molecule has 1 aromatic carbocycles. The highest BCUT2D eigenvalue weighted by Crippen LogP contribution is 2.28. The first-order chi connectivity index (χ1) is 8.08.